The van der Waals surface area contributed by atoms with Gasteiger partial charge in [0.25, 0.3) is 0 Å². The molecule has 0 aliphatic carbocycles. The van der Waals surface area contributed by atoms with Gasteiger partial charge >= 0.3 is 0 Å². The van der Waals surface area contributed by atoms with E-state index in [0.29, 0.717) is 0 Å². The van der Waals surface area contributed by atoms with Gasteiger partial charge in [-0.05, 0) is 52.7 Å². The van der Waals surface area contributed by atoms with Crippen LogP contribution in [-0.4, -0.2) is 16.3 Å². The second kappa shape index (κ2) is 7.51. The van der Waals surface area contributed by atoms with E-state index in [1.807, 2.05) is 11.6 Å². The molecule has 1 aromatic carbocycles. The van der Waals surface area contributed by atoms with Crippen LogP contribution in [0.25, 0.3) is 0 Å². The van der Waals surface area contributed by atoms with Crippen molar-refractivity contribution in [3.8, 4) is 0 Å². The minimum atomic E-state index is -0.242. The standard InChI is InChI=1S/C15H18Br2FN3/c1-3-7-21-15(13(17)9-20-21)14(19-4-2)11-8-10(18)5-6-12(11)16/h5-6,8-9,14,19H,3-4,7H2,1-2H3. The van der Waals surface area contributed by atoms with E-state index in [1.54, 1.807) is 18.3 Å². The Morgan fingerprint density at radius 3 is 2.71 bits per heavy atom. The van der Waals surface area contributed by atoms with E-state index in [1.165, 1.54) is 6.07 Å². The van der Waals surface area contributed by atoms with Crippen LogP contribution in [0.1, 0.15) is 37.6 Å². The largest absolute Gasteiger partial charge is 0.305 e. The molecule has 0 saturated carbocycles. The zero-order valence-electron chi connectivity index (χ0n) is 12.0. The first-order chi connectivity index (χ1) is 10.1. The molecule has 0 aliphatic heterocycles. The molecular weight excluding hydrogens is 401 g/mol. The summed E-state index contributed by atoms with van der Waals surface area (Å²) in [6.45, 7) is 5.75. The van der Waals surface area contributed by atoms with Crippen LogP contribution >= 0.6 is 31.9 Å². The van der Waals surface area contributed by atoms with E-state index in [-0.39, 0.29) is 11.9 Å². The Labute approximate surface area is 141 Å². The molecule has 0 aliphatic rings. The number of aryl methyl sites for hydroxylation is 1. The van der Waals surface area contributed by atoms with Gasteiger partial charge in [-0.2, -0.15) is 5.10 Å². The Balaban J connectivity index is 2.53. The Hall–Kier alpha value is -0.720. The highest BCUT2D eigenvalue weighted by Gasteiger charge is 2.23. The number of rotatable bonds is 6. The number of nitrogens with zero attached hydrogens (tertiary/aromatic N) is 2. The third-order valence-electron chi connectivity index (χ3n) is 3.22. The zero-order chi connectivity index (χ0) is 15.4. The molecule has 21 heavy (non-hydrogen) atoms. The molecule has 6 heteroatoms. The molecule has 1 aromatic heterocycles. The van der Waals surface area contributed by atoms with Gasteiger partial charge in [0.1, 0.15) is 5.82 Å². The van der Waals surface area contributed by atoms with Gasteiger partial charge in [0.2, 0.25) is 0 Å². The molecule has 1 N–H and O–H groups in total. The quantitative estimate of drug-likeness (QED) is 0.739. The van der Waals surface area contributed by atoms with Gasteiger partial charge in [-0.3, -0.25) is 4.68 Å². The molecule has 1 atom stereocenters. The summed E-state index contributed by atoms with van der Waals surface area (Å²) in [6.07, 6.45) is 2.78. The summed E-state index contributed by atoms with van der Waals surface area (Å²) in [5, 5.41) is 7.83. The van der Waals surface area contributed by atoms with Crippen LogP contribution in [0.2, 0.25) is 0 Å². The number of hydrogen-bond acceptors (Lipinski definition) is 2. The summed E-state index contributed by atoms with van der Waals surface area (Å²) < 4.78 is 17.4. The molecule has 0 amide bonds. The lowest BCUT2D eigenvalue weighted by Crippen LogP contribution is -2.26. The average molecular weight is 419 g/mol. The van der Waals surface area contributed by atoms with Crippen molar-refractivity contribution in [1.82, 2.24) is 15.1 Å². The van der Waals surface area contributed by atoms with Gasteiger partial charge in [-0.25, -0.2) is 4.39 Å². The lowest BCUT2D eigenvalue weighted by Gasteiger charge is -2.22. The van der Waals surface area contributed by atoms with Crippen molar-refractivity contribution in [3.05, 3.63) is 50.4 Å². The molecule has 0 spiro atoms. The van der Waals surface area contributed by atoms with E-state index < -0.39 is 0 Å². The van der Waals surface area contributed by atoms with Crippen molar-refractivity contribution < 1.29 is 4.39 Å². The first-order valence-corrected chi connectivity index (χ1v) is 8.56. The van der Waals surface area contributed by atoms with Gasteiger partial charge in [-0.1, -0.05) is 29.8 Å². The lowest BCUT2D eigenvalue weighted by molar-refractivity contribution is 0.515. The maximum Gasteiger partial charge on any atom is 0.123 e. The highest BCUT2D eigenvalue weighted by Crippen LogP contribution is 2.33. The molecule has 0 fully saturated rings. The maximum absolute atomic E-state index is 13.7. The fraction of sp³-hybridized carbons (Fsp3) is 0.400. The van der Waals surface area contributed by atoms with Crippen molar-refractivity contribution in [2.75, 3.05) is 6.54 Å². The minimum absolute atomic E-state index is 0.122. The monoisotopic (exact) mass is 417 g/mol. The van der Waals surface area contributed by atoms with Crippen molar-refractivity contribution in [3.63, 3.8) is 0 Å². The van der Waals surface area contributed by atoms with Gasteiger partial charge in [0.15, 0.2) is 0 Å². The topological polar surface area (TPSA) is 29.9 Å². The summed E-state index contributed by atoms with van der Waals surface area (Å²) in [7, 11) is 0. The number of nitrogens with one attached hydrogen (secondary N) is 1. The van der Waals surface area contributed by atoms with Crippen LogP contribution in [0, 0.1) is 5.82 Å². The number of hydrogen-bond donors (Lipinski definition) is 1. The van der Waals surface area contributed by atoms with Crippen molar-refractivity contribution in [2.24, 2.45) is 0 Å². The third kappa shape index (κ3) is 3.73. The number of aromatic nitrogens is 2. The molecule has 0 bridgehead atoms. The summed E-state index contributed by atoms with van der Waals surface area (Å²) in [5.41, 5.74) is 1.89. The van der Waals surface area contributed by atoms with Gasteiger partial charge in [0.05, 0.1) is 22.4 Å². The van der Waals surface area contributed by atoms with Crippen LogP contribution in [0.5, 0.6) is 0 Å². The average Bonchev–Trinajstić information content (AvgIpc) is 2.81. The van der Waals surface area contributed by atoms with E-state index in [2.05, 4.69) is 49.2 Å². The predicted molar refractivity (Wildman–Crippen MR) is 89.8 cm³/mol. The van der Waals surface area contributed by atoms with Crippen molar-refractivity contribution in [1.29, 1.82) is 0 Å². The van der Waals surface area contributed by atoms with Gasteiger partial charge in [0, 0.05) is 11.0 Å². The van der Waals surface area contributed by atoms with E-state index in [4.69, 9.17) is 0 Å². The van der Waals surface area contributed by atoms with Crippen molar-refractivity contribution in [2.45, 2.75) is 32.9 Å². The lowest BCUT2D eigenvalue weighted by atomic mass is 10.0. The highest BCUT2D eigenvalue weighted by atomic mass is 79.9. The van der Waals surface area contributed by atoms with Crippen LogP contribution < -0.4 is 5.32 Å². The second-order valence-corrected chi connectivity index (χ2v) is 6.47. The molecule has 0 saturated heterocycles. The molecule has 114 valence electrons. The minimum Gasteiger partial charge on any atom is -0.305 e. The first-order valence-electron chi connectivity index (χ1n) is 6.98. The first kappa shape index (κ1) is 16.6. The molecule has 1 heterocycles. The van der Waals surface area contributed by atoms with E-state index in [9.17, 15) is 4.39 Å². The van der Waals surface area contributed by atoms with Crippen LogP contribution in [0.15, 0.2) is 33.3 Å². The number of benzene rings is 1. The predicted octanol–water partition coefficient (Wildman–Crippen LogP) is 4.66. The van der Waals surface area contributed by atoms with Gasteiger partial charge < -0.3 is 5.32 Å². The van der Waals surface area contributed by atoms with E-state index in [0.717, 1.165) is 39.7 Å². The summed E-state index contributed by atoms with van der Waals surface area (Å²) in [5.74, 6) is -0.242. The fourth-order valence-electron chi connectivity index (χ4n) is 2.34. The molecular formula is C15H18Br2FN3. The van der Waals surface area contributed by atoms with Crippen LogP contribution in [0.3, 0.4) is 0 Å². The molecule has 3 nitrogen and oxygen atoms in total. The Kier molecular flexibility index (Phi) is 5.96. The van der Waals surface area contributed by atoms with Gasteiger partial charge in [-0.15, -0.1) is 0 Å². The van der Waals surface area contributed by atoms with Crippen LogP contribution in [-0.2, 0) is 6.54 Å². The Morgan fingerprint density at radius 2 is 2.05 bits per heavy atom. The van der Waals surface area contributed by atoms with Crippen LogP contribution in [0.4, 0.5) is 4.39 Å². The molecule has 2 aromatic rings. The Bertz CT molecular complexity index is 613. The van der Waals surface area contributed by atoms with Crippen molar-refractivity contribution >= 4 is 31.9 Å². The second-order valence-electron chi connectivity index (χ2n) is 4.76. The molecule has 0 radical (unpaired) electrons. The highest BCUT2D eigenvalue weighted by molar-refractivity contribution is 9.10. The zero-order valence-corrected chi connectivity index (χ0v) is 15.2. The normalized spacial score (nSPS) is 12.6. The molecule has 2 rings (SSSR count). The molecule has 1 unspecified atom stereocenters. The third-order valence-corrected chi connectivity index (χ3v) is 4.55. The maximum atomic E-state index is 13.7. The summed E-state index contributed by atoms with van der Waals surface area (Å²) in [6, 6.07) is 4.63. The Morgan fingerprint density at radius 1 is 1.29 bits per heavy atom. The SMILES string of the molecule is CCCn1ncc(Br)c1C(NCC)c1cc(F)ccc1Br. The smallest absolute Gasteiger partial charge is 0.123 e. The summed E-state index contributed by atoms with van der Waals surface area (Å²) >= 11 is 7.09. The number of halogens is 3. The van der Waals surface area contributed by atoms with E-state index >= 15 is 0 Å². The summed E-state index contributed by atoms with van der Waals surface area (Å²) in [4.78, 5) is 0. The fourth-order valence-corrected chi connectivity index (χ4v) is 3.34.